The molecule has 0 radical (unpaired) electrons. The minimum absolute atomic E-state index is 0.0311. The number of amides is 1. The van der Waals surface area contributed by atoms with Gasteiger partial charge in [-0.25, -0.2) is 4.79 Å². The van der Waals surface area contributed by atoms with Crippen molar-refractivity contribution in [1.29, 1.82) is 0 Å². The summed E-state index contributed by atoms with van der Waals surface area (Å²) in [5, 5.41) is 0. The summed E-state index contributed by atoms with van der Waals surface area (Å²) >= 11 is 0. The van der Waals surface area contributed by atoms with Gasteiger partial charge in [-0.3, -0.25) is 4.90 Å². The third-order valence-corrected chi connectivity index (χ3v) is 6.26. The van der Waals surface area contributed by atoms with Gasteiger partial charge in [0.2, 0.25) is 0 Å². The second-order valence-electron chi connectivity index (χ2n) is 10.7. The van der Waals surface area contributed by atoms with Gasteiger partial charge in [0.25, 0.3) is 0 Å². The lowest BCUT2D eigenvalue weighted by Crippen LogP contribution is -2.50. The summed E-state index contributed by atoms with van der Waals surface area (Å²) in [6.07, 6.45) is 11.6. The fourth-order valence-corrected chi connectivity index (χ4v) is 4.36. The third-order valence-electron chi connectivity index (χ3n) is 6.26. The number of nitrogens with zero attached hydrogens (tertiary/aromatic N) is 1. The molecule has 1 aliphatic carbocycles. The Labute approximate surface area is 173 Å². The molecule has 4 nitrogen and oxygen atoms in total. The van der Waals surface area contributed by atoms with Gasteiger partial charge in [0.05, 0.1) is 12.1 Å². The van der Waals surface area contributed by atoms with Crippen LogP contribution in [0, 0.1) is 17.8 Å². The van der Waals surface area contributed by atoms with Gasteiger partial charge in [-0.2, -0.15) is 0 Å². The highest BCUT2D eigenvalue weighted by Crippen LogP contribution is 2.40. The van der Waals surface area contributed by atoms with Crippen molar-refractivity contribution in [2.75, 3.05) is 0 Å². The zero-order chi connectivity index (χ0) is 21.1. The molecule has 1 heterocycles. The topological polar surface area (TPSA) is 38.8 Å². The van der Waals surface area contributed by atoms with Crippen LogP contribution in [0.3, 0.4) is 0 Å². The van der Waals surface area contributed by atoms with Crippen molar-refractivity contribution in [2.24, 2.45) is 17.8 Å². The lowest BCUT2D eigenvalue weighted by Gasteiger charge is -2.36. The fraction of sp³-hybridized carbons (Fsp3) is 0.875. The van der Waals surface area contributed by atoms with Crippen LogP contribution >= 0.6 is 0 Å². The van der Waals surface area contributed by atoms with Gasteiger partial charge in [-0.1, -0.05) is 65.0 Å². The molecule has 0 unspecified atom stereocenters. The molecular formula is C24H43NO3. The van der Waals surface area contributed by atoms with Crippen LogP contribution < -0.4 is 0 Å². The van der Waals surface area contributed by atoms with Gasteiger partial charge in [0.1, 0.15) is 11.3 Å². The molecule has 1 saturated heterocycles. The predicted octanol–water partition coefficient (Wildman–Crippen LogP) is 6.55. The summed E-state index contributed by atoms with van der Waals surface area (Å²) in [5.74, 6) is 1.74. The van der Waals surface area contributed by atoms with E-state index in [2.05, 4.69) is 32.9 Å². The largest absolute Gasteiger partial charge is 0.444 e. The summed E-state index contributed by atoms with van der Waals surface area (Å²) in [6, 6.07) is 0.0311. The first-order chi connectivity index (χ1) is 12.9. The maximum Gasteiger partial charge on any atom is 0.412 e. The van der Waals surface area contributed by atoms with Crippen molar-refractivity contribution in [3.05, 3.63) is 12.2 Å². The molecule has 3 atom stereocenters. The number of hydrogen-bond acceptors (Lipinski definition) is 3. The van der Waals surface area contributed by atoms with Gasteiger partial charge in [0, 0.05) is 0 Å². The maximum absolute atomic E-state index is 13.1. The van der Waals surface area contributed by atoms with Gasteiger partial charge < -0.3 is 9.47 Å². The highest BCUT2D eigenvalue weighted by molar-refractivity contribution is 5.70. The molecule has 0 aromatic heterocycles. The van der Waals surface area contributed by atoms with E-state index >= 15 is 0 Å². The number of carbonyl (C=O) groups excluding carboxylic acids is 1. The molecule has 162 valence electrons. The van der Waals surface area contributed by atoms with Crippen LogP contribution in [-0.4, -0.2) is 34.5 Å². The number of hydrogen-bond donors (Lipinski definition) is 0. The Balaban J connectivity index is 2.26. The summed E-state index contributed by atoms with van der Waals surface area (Å²) in [5.41, 5.74) is -1.18. The van der Waals surface area contributed by atoms with Gasteiger partial charge in [-0.15, -0.1) is 0 Å². The van der Waals surface area contributed by atoms with E-state index in [9.17, 15) is 4.79 Å². The van der Waals surface area contributed by atoms with Crippen LogP contribution in [0.15, 0.2) is 12.2 Å². The molecule has 0 bridgehead atoms. The summed E-state index contributed by atoms with van der Waals surface area (Å²) in [7, 11) is 0. The number of ether oxygens (including phenoxy) is 2. The lowest BCUT2D eigenvalue weighted by molar-refractivity contribution is -0.0720. The standard InChI is InChI=1S/C24H43NO3/c1-17(2)18(3)14-15-21-20(16-19-12-10-9-11-13-19)25(24(7,8)27-21)22(26)28-23(4,5)6/h14-15,17-21H,9-13,16H2,1-8H3/t18-,20+,21+/m1/s1. The van der Waals surface area contributed by atoms with Gasteiger partial charge in [-0.05, 0) is 58.8 Å². The Morgan fingerprint density at radius 2 is 1.79 bits per heavy atom. The van der Waals surface area contributed by atoms with Crippen molar-refractivity contribution in [3.8, 4) is 0 Å². The molecule has 1 aliphatic heterocycles. The molecule has 0 aromatic rings. The van der Waals surface area contributed by atoms with E-state index in [1.54, 1.807) is 0 Å². The van der Waals surface area contributed by atoms with Crippen molar-refractivity contribution in [3.63, 3.8) is 0 Å². The summed E-state index contributed by atoms with van der Waals surface area (Å²) < 4.78 is 12.2. The van der Waals surface area contributed by atoms with Crippen molar-refractivity contribution < 1.29 is 14.3 Å². The molecule has 0 aromatic carbocycles. The van der Waals surface area contributed by atoms with Crippen LogP contribution in [-0.2, 0) is 9.47 Å². The smallest absolute Gasteiger partial charge is 0.412 e. The Hall–Kier alpha value is -1.03. The summed E-state index contributed by atoms with van der Waals surface area (Å²) in [6.45, 7) is 16.5. The average molecular weight is 394 g/mol. The maximum atomic E-state index is 13.1. The van der Waals surface area contributed by atoms with Crippen molar-refractivity contribution >= 4 is 6.09 Å². The van der Waals surface area contributed by atoms with E-state index in [0.29, 0.717) is 17.8 Å². The first-order valence-corrected chi connectivity index (χ1v) is 11.3. The van der Waals surface area contributed by atoms with E-state index in [4.69, 9.17) is 9.47 Å². The quantitative estimate of drug-likeness (QED) is 0.497. The highest BCUT2D eigenvalue weighted by Gasteiger charge is 2.50. The first kappa shape index (κ1) is 23.3. The molecule has 2 fully saturated rings. The minimum atomic E-state index is -0.669. The molecule has 1 amide bonds. The SMILES string of the molecule is CC(C)[C@H](C)C=C[C@@H]1OC(C)(C)N(C(=O)OC(C)(C)C)[C@H]1CC1CCCCC1. The first-order valence-electron chi connectivity index (χ1n) is 11.3. The Morgan fingerprint density at radius 1 is 1.18 bits per heavy atom. The molecule has 1 saturated carbocycles. The van der Waals surface area contributed by atoms with E-state index in [0.717, 1.165) is 6.42 Å². The van der Waals surface area contributed by atoms with Crippen LogP contribution in [0.4, 0.5) is 4.79 Å². The number of rotatable bonds is 5. The number of carbonyl (C=O) groups is 1. The van der Waals surface area contributed by atoms with Crippen LogP contribution in [0.2, 0.25) is 0 Å². The second kappa shape index (κ2) is 9.19. The molecule has 2 aliphatic rings. The second-order valence-corrected chi connectivity index (χ2v) is 10.7. The lowest BCUT2D eigenvalue weighted by atomic mass is 9.83. The molecule has 28 heavy (non-hydrogen) atoms. The monoisotopic (exact) mass is 393 g/mol. The van der Waals surface area contributed by atoms with Crippen molar-refractivity contribution in [1.82, 2.24) is 4.90 Å². The van der Waals surface area contributed by atoms with Crippen LogP contribution in [0.5, 0.6) is 0 Å². The third kappa shape index (κ3) is 6.23. The Kier molecular flexibility index (Phi) is 7.63. The highest BCUT2D eigenvalue weighted by atomic mass is 16.6. The Morgan fingerprint density at radius 3 is 2.32 bits per heavy atom. The minimum Gasteiger partial charge on any atom is -0.444 e. The van der Waals surface area contributed by atoms with E-state index in [1.165, 1.54) is 32.1 Å². The molecule has 2 rings (SSSR count). The summed E-state index contributed by atoms with van der Waals surface area (Å²) in [4.78, 5) is 15.0. The molecule has 0 N–H and O–H groups in total. The van der Waals surface area contributed by atoms with Crippen molar-refractivity contribution in [2.45, 2.75) is 117 Å². The predicted molar refractivity (Wildman–Crippen MR) is 115 cm³/mol. The molecule has 4 heteroatoms. The Bertz CT molecular complexity index is 541. The van der Waals surface area contributed by atoms with Crippen LogP contribution in [0.1, 0.15) is 93.9 Å². The molecule has 0 spiro atoms. The van der Waals surface area contributed by atoms with Gasteiger partial charge >= 0.3 is 6.09 Å². The van der Waals surface area contributed by atoms with Gasteiger partial charge in [0.15, 0.2) is 0 Å². The normalized spacial score (nSPS) is 27.5. The van der Waals surface area contributed by atoms with E-state index in [-0.39, 0.29) is 18.2 Å². The zero-order valence-corrected chi connectivity index (χ0v) is 19.5. The van der Waals surface area contributed by atoms with Crippen LogP contribution in [0.25, 0.3) is 0 Å². The average Bonchev–Trinajstić information content (AvgIpc) is 2.81. The molecular weight excluding hydrogens is 350 g/mol. The zero-order valence-electron chi connectivity index (χ0n) is 19.5. The fourth-order valence-electron chi connectivity index (χ4n) is 4.36. The van der Waals surface area contributed by atoms with E-state index in [1.807, 2.05) is 39.5 Å². The number of allylic oxidation sites excluding steroid dienone is 1. The van der Waals surface area contributed by atoms with E-state index < -0.39 is 11.3 Å².